The number of carbonyl (C=O) groups is 1. The molecule has 1 aliphatic carbocycles. The van der Waals surface area contributed by atoms with Crippen molar-refractivity contribution in [3.63, 3.8) is 0 Å². The molecule has 0 spiro atoms. The SMILES string of the molecule is O=C(c1ncoc1-c1ccccc1)N(Cc1ccccc1)[C@@H]1CC[C@H]2C[C@@H]1[C@@H](O)CO2. The smallest absolute Gasteiger partial charge is 0.277 e. The number of fused-ring (bicyclic) bond motifs is 2. The largest absolute Gasteiger partial charge is 0.443 e. The highest BCUT2D eigenvalue weighted by Crippen LogP contribution is 2.38. The molecule has 3 aromatic rings. The zero-order valence-corrected chi connectivity index (χ0v) is 17.3. The van der Waals surface area contributed by atoms with E-state index < -0.39 is 6.10 Å². The number of nitrogens with zero attached hydrogens (tertiary/aromatic N) is 2. The zero-order chi connectivity index (χ0) is 21.2. The molecule has 1 N–H and O–H groups in total. The van der Waals surface area contributed by atoms with Crippen molar-refractivity contribution in [3.8, 4) is 11.3 Å². The summed E-state index contributed by atoms with van der Waals surface area (Å²) < 4.78 is 11.4. The first-order chi connectivity index (χ1) is 15.2. The lowest BCUT2D eigenvalue weighted by Crippen LogP contribution is -2.55. The standard InChI is InChI=1S/C25H26N2O4/c28-22-15-30-19-11-12-21(20(22)13-19)27(14-17-7-3-1-4-8-17)25(29)23-24(31-16-26-23)18-9-5-2-6-10-18/h1-10,16,19-22,28H,11-15H2/t19-,20-,21+,22-/m0/s1. The maximum absolute atomic E-state index is 13.9. The van der Waals surface area contributed by atoms with Gasteiger partial charge in [0, 0.05) is 24.1 Å². The Balaban J connectivity index is 1.50. The lowest BCUT2D eigenvalue weighted by Gasteiger charge is -2.47. The Hall–Kier alpha value is -2.96. The highest BCUT2D eigenvalue weighted by molar-refractivity contribution is 5.97. The van der Waals surface area contributed by atoms with Crippen LogP contribution in [0.4, 0.5) is 0 Å². The van der Waals surface area contributed by atoms with E-state index in [0.29, 0.717) is 24.6 Å². The molecule has 0 radical (unpaired) electrons. The number of benzene rings is 2. The molecule has 2 fully saturated rings. The summed E-state index contributed by atoms with van der Waals surface area (Å²) in [6.07, 6.45) is 3.38. The molecule has 160 valence electrons. The van der Waals surface area contributed by atoms with Crippen molar-refractivity contribution < 1.29 is 19.1 Å². The van der Waals surface area contributed by atoms with E-state index in [9.17, 15) is 9.90 Å². The summed E-state index contributed by atoms with van der Waals surface area (Å²) >= 11 is 0. The van der Waals surface area contributed by atoms with Crippen LogP contribution < -0.4 is 0 Å². The number of amides is 1. The van der Waals surface area contributed by atoms with Crippen LogP contribution in [-0.2, 0) is 11.3 Å². The van der Waals surface area contributed by atoms with E-state index in [1.165, 1.54) is 6.39 Å². The number of ether oxygens (including phenoxy) is 1. The van der Waals surface area contributed by atoms with Gasteiger partial charge in [-0.1, -0.05) is 60.7 Å². The number of oxazole rings is 1. The molecule has 1 aliphatic heterocycles. The number of aliphatic hydroxyl groups excluding tert-OH is 1. The van der Waals surface area contributed by atoms with Gasteiger partial charge in [-0.05, 0) is 24.8 Å². The Labute approximate surface area is 181 Å². The minimum absolute atomic E-state index is 0.00719. The average molecular weight is 418 g/mol. The third kappa shape index (κ3) is 4.01. The van der Waals surface area contributed by atoms with Crippen molar-refractivity contribution in [3.05, 3.63) is 78.3 Å². The van der Waals surface area contributed by atoms with Gasteiger partial charge in [0.15, 0.2) is 17.8 Å². The van der Waals surface area contributed by atoms with Crippen LogP contribution >= 0.6 is 0 Å². The molecule has 2 heterocycles. The summed E-state index contributed by atoms with van der Waals surface area (Å²) in [7, 11) is 0. The van der Waals surface area contributed by atoms with Crippen molar-refractivity contribution >= 4 is 5.91 Å². The van der Waals surface area contributed by atoms with Crippen LogP contribution in [-0.4, -0.2) is 45.8 Å². The fourth-order valence-electron chi connectivity index (χ4n) is 4.91. The number of hydrogen-bond acceptors (Lipinski definition) is 5. The van der Waals surface area contributed by atoms with Crippen LogP contribution in [0.3, 0.4) is 0 Å². The monoisotopic (exact) mass is 418 g/mol. The molecular weight excluding hydrogens is 392 g/mol. The summed E-state index contributed by atoms with van der Waals surface area (Å²) in [6, 6.07) is 19.4. The third-order valence-corrected chi connectivity index (χ3v) is 6.47. The second kappa shape index (κ2) is 8.65. The molecule has 0 unspecified atom stereocenters. The van der Waals surface area contributed by atoms with E-state index in [1.807, 2.05) is 65.6 Å². The minimum atomic E-state index is -0.571. The van der Waals surface area contributed by atoms with E-state index in [0.717, 1.165) is 30.4 Å². The molecule has 1 saturated heterocycles. The number of aromatic nitrogens is 1. The van der Waals surface area contributed by atoms with Gasteiger partial charge < -0.3 is 19.2 Å². The van der Waals surface area contributed by atoms with Crippen molar-refractivity contribution in [2.45, 2.75) is 44.1 Å². The maximum atomic E-state index is 13.9. The van der Waals surface area contributed by atoms with Crippen molar-refractivity contribution in [1.29, 1.82) is 0 Å². The van der Waals surface area contributed by atoms with Crippen LogP contribution in [0.15, 0.2) is 71.5 Å². The van der Waals surface area contributed by atoms with Gasteiger partial charge in [0.05, 0.1) is 18.8 Å². The maximum Gasteiger partial charge on any atom is 0.277 e. The molecule has 4 atom stereocenters. The fourth-order valence-corrected chi connectivity index (χ4v) is 4.91. The van der Waals surface area contributed by atoms with Gasteiger partial charge in [-0.3, -0.25) is 4.79 Å². The summed E-state index contributed by atoms with van der Waals surface area (Å²) in [5.74, 6) is 0.302. The molecule has 1 amide bonds. The van der Waals surface area contributed by atoms with E-state index in [2.05, 4.69) is 4.98 Å². The first-order valence-electron chi connectivity index (χ1n) is 10.8. The fraction of sp³-hybridized carbons (Fsp3) is 0.360. The van der Waals surface area contributed by atoms with Crippen LogP contribution in [0.5, 0.6) is 0 Å². The Morgan fingerprint density at radius 1 is 1.06 bits per heavy atom. The number of hydrogen-bond donors (Lipinski definition) is 1. The van der Waals surface area contributed by atoms with Crippen molar-refractivity contribution in [2.75, 3.05) is 6.61 Å². The van der Waals surface area contributed by atoms with E-state index in [-0.39, 0.29) is 24.0 Å². The quantitative estimate of drug-likeness (QED) is 0.680. The number of aliphatic hydroxyl groups is 1. The Bertz CT molecular complexity index is 1020. The highest BCUT2D eigenvalue weighted by atomic mass is 16.5. The summed E-state index contributed by atoms with van der Waals surface area (Å²) in [5.41, 5.74) is 2.17. The molecule has 31 heavy (non-hydrogen) atoms. The molecule has 2 bridgehead atoms. The second-order valence-corrected chi connectivity index (χ2v) is 8.38. The minimum Gasteiger partial charge on any atom is -0.443 e. The lowest BCUT2D eigenvalue weighted by molar-refractivity contribution is -0.130. The van der Waals surface area contributed by atoms with Crippen molar-refractivity contribution in [1.82, 2.24) is 9.88 Å². The first kappa shape index (κ1) is 20.0. The molecule has 6 nitrogen and oxygen atoms in total. The predicted molar refractivity (Wildman–Crippen MR) is 115 cm³/mol. The Morgan fingerprint density at radius 2 is 1.81 bits per heavy atom. The van der Waals surface area contributed by atoms with Gasteiger partial charge >= 0.3 is 0 Å². The molecular formula is C25H26N2O4. The van der Waals surface area contributed by atoms with Gasteiger partial charge in [-0.2, -0.15) is 0 Å². The normalized spacial score (nSPS) is 25.2. The van der Waals surface area contributed by atoms with E-state index in [1.54, 1.807) is 0 Å². The van der Waals surface area contributed by atoms with Gasteiger partial charge in [0.25, 0.3) is 5.91 Å². The highest BCUT2D eigenvalue weighted by Gasteiger charge is 2.44. The number of carbonyl (C=O) groups excluding carboxylic acids is 1. The molecule has 2 aliphatic rings. The average Bonchev–Trinajstić information content (AvgIpc) is 3.31. The second-order valence-electron chi connectivity index (χ2n) is 8.38. The van der Waals surface area contributed by atoms with Gasteiger partial charge in [-0.25, -0.2) is 4.98 Å². The summed E-state index contributed by atoms with van der Waals surface area (Å²) in [5, 5.41) is 10.7. The molecule has 2 aromatic carbocycles. The topological polar surface area (TPSA) is 75.8 Å². The molecule has 1 saturated carbocycles. The zero-order valence-electron chi connectivity index (χ0n) is 17.3. The van der Waals surface area contributed by atoms with E-state index in [4.69, 9.17) is 9.15 Å². The Kier molecular flexibility index (Phi) is 5.57. The molecule has 1 aromatic heterocycles. The van der Waals surface area contributed by atoms with Gasteiger partial charge in [0.2, 0.25) is 0 Å². The summed E-state index contributed by atoms with van der Waals surface area (Å²) in [4.78, 5) is 20.0. The number of rotatable bonds is 5. The van der Waals surface area contributed by atoms with Gasteiger partial charge in [-0.15, -0.1) is 0 Å². The van der Waals surface area contributed by atoms with Crippen molar-refractivity contribution in [2.24, 2.45) is 5.92 Å². The van der Waals surface area contributed by atoms with Crippen LogP contribution in [0.1, 0.15) is 35.3 Å². The molecule has 6 heteroatoms. The predicted octanol–water partition coefficient (Wildman–Crippen LogP) is 3.91. The van der Waals surface area contributed by atoms with Crippen LogP contribution in [0.2, 0.25) is 0 Å². The van der Waals surface area contributed by atoms with Crippen LogP contribution in [0, 0.1) is 5.92 Å². The Morgan fingerprint density at radius 3 is 2.58 bits per heavy atom. The first-order valence-corrected chi connectivity index (χ1v) is 10.8. The van der Waals surface area contributed by atoms with Gasteiger partial charge in [0.1, 0.15) is 0 Å². The summed E-state index contributed by atoms with van der Waals surface area (Å²) in [6.45, 7) is 0.790. The molecule has 5 rings (SSSR count). The van der Waals surface area contributed by atoms with Crippen LogP contribution in [0.25, 0.3) is 11.3 Å². The third-order valence-electron chi connectivity index (χ3n) is 6.47. The lowest BCUT2D eigenvalue weighted by atomic mass is 9.76. The van der Waals surface area contributed by atoms with E-state index >= 15 is 0 Å².